The Kier molecular flexibility index (Phi) is 5.94. The smallest absolute Gasteiger partial charge is 0.240 e. The third-order valence-electron chi connectivity index (χ3n) is 4.21. The Hall–Kier alpha value is -1.95. The van der Waals surface area contributed by atoms with E-state index in [1.807, 2.05) is 12.1 Å². The molecule has 1 aromatic carbocycles. The molecule has 0 unspecified atom stereocenters. The van der Waals surface area contributed by atoms with Crippen LogP contribution in [0.4, 0.5) is 0 Å². The van der Waals surface area contributed by atoms with E-state index in [2.05, 4.69) is 55.3 Å². The van der Waals surface area contributed by atoms with Crippen LogP contribution in [0.2, 0.25) is 0 Å². The lowest BCUT2D eigenvalue weighted by Gasteiger charge is -2.27. The second-order valence-electron chi connectivity index (χ2n) is 6.76. The number of rotatable bonds is 7. The van der Waals surface area contributed by atoms with E-state index in [1.165, 1.54) is 11.1 Å². The van der Waals surface area contributed by atoms with Gasteiger partial charge in [0.1, 0.15) is 12.4 Å². The average Bonchev–Trinajstić information content (AvgIpc) is 2.87. The van der Waals surface area contributed by atoms with E-state index in [0.29, 0.717) is 11.3 Å². The van der Waals surface area contributed by atoms with E-state index in [9.17, 15) is 4.79 Å². The van der Waals surface area contributed by atoms with Crippen LogP contribution in [-0.4, -0.2) is 27.2 Å². The van der Waals surface area contributed by atoms with Gasteiger partial charge in [-0.1, -0.05) is 45.0 Å². The second-order valence-corrected chi connectivity index (χ2v) is 7.14. The first-order valence-corrected chi connectivity index (χ1v) is 8.73. The van der Waals surface area contributed by atoms with E-state index in [-0.39, 0.29) is 17.9 Å². The number of amides is 1. The number of benzene rings is 1. The highest BCUT2D eigenvalue weighted by atomic mass is 32.1. The molecule has 1 amide bonds. The van der Waals surface area contributed by atoms with Crippen LogP contribution in [0.15, 0.2) is 24.3 Å². The molecule has 0 saturated heterocycles. The Morgan fingerprint density at radius 3 is 2.75 bits per heavy atom. The molecule has 2 rings (SSSR count). The Bertz CT molecular complexity index is 760. The van der Waals surface area contributed by atoms with Gasteiger partial charge in [0.2, 0.25) is 5.91 Å². The number of hydrogen-bond donors (Lipinski definition) is 2. The highest BCUT2D eigenvalue weighted by Gasteiger charge is 2.23. The fraction of sp³-hybridized carbons (Fsp3) is 0.500. The maximum atomic E-state index is 12.4. The van der Waals surface area contributed by atoms with Crippen LogP contribution in [0.25, 0.3) is 0 Å². The topological polar surface area (TPSA) is 62.7 Å². The van der Waals surface area contributed by atoms with Crippen molar-refractivity contribution in [1.29, 1.82) is 0 Å². The first kappa shape index (κ1) is 18.4. The van der Waals surface area contributed by atoms with Crippen LogP contribution in [-0.2, 0) is 23.2 Å². The molecule has 24 heavy (non-hydrogen) atoms. The summed E-state index contributed by atoms with van der Waals surface area (Å²) in [6.45, 7) is 9.23. The number of hydrogen-bond acceptors (Lipinski definition) is 3. The van der Waals surface area contributed by atoms with Gasteiger partial charge in [-0.25, -0.2) is 0 Å². The summed E-state index contributed by atoms with van der Waals surface area (Å²) >= 11 is 5.22. The number of aromatic nitrogens is 3. The van der Waals surface area contributed by atoms with Crippen molar-refractivity contribution >= 4 is 18.1 Å². The van der Waals surface area contributed by atoms with Crippen LogP contribution < -0.4 is 5.32 Å². The fourth-order valence-corrected chi connectivity index (χ4v) is 3.09. The van der Waals surface area contributed by atoms with Crippen molar-refractivity contribution in [3.63, 3.8) is 0 Å². The number of H-pyrrole nitrogens is 1. The highest BCUT2D eigenvalue weighted by Crippen LogP contribution is 2.25. The number of aromatic amines is 1. The summed E-state index contributed by atoms with van der Waals surface area (Å²) in [5, 5.41) is 10.00. The number of carbonyl (C=O) groups is 1. The molecule has 0 atom stereocenters. The molecule has 0 saturated carbocycles. The SMILES string of the molecule is CCCc1n[nH]c(=S)n1CC(=O)NCC(C)(C)c1ccccc1C. The molecule has 1 aromatic heterocycles. The van der Waals surface area contributed by atoms with Gasteiger partial charge in [-0.15, -0.1) is 0 Å². The lowest BCUT2D eigenvalue weighted by molar-refractivity contribution is -0.121. The standard InChI is InChI=1S/C18H26N4OS/c1-5-8-15-20-21-17(24)22(15)11-16(23)19-12-18(3,4)14-10-7-6-9-13(14)2/h6-7,9-10H,5,8,11-12H2,1-4H3,(H,19,23)(H,21,24). The Morgan fingerprint density at radius 2 is 2.08 bits per heavy atom. The van der Waals surface area contributed by atoms with E-state index >= 15 is 0 Å². The molecular weight excluding hydrogens is 320 g/mol. The van der Waals surface area contributed by atoms with Crippen LogP contribution in [0.3, 0.4) is 0 Å². The summed E-state index contributed by atoms with van der Waals surface area (Å²) in [5.41, 5.74) is 2.35. The van der Waals surface area contributed by atoms with Gasteiger partial charge in [-0.3, -0.25) is 14.5 Å². The van der Waals surface area contributed by atoms with Gasteiger partial charge in [-0.2, -0.15) is 5.10 Å². The highest BCUT2D eigenvalue weighted by molar-refractivity contribution is 7.71. The summed E-state index contributed by atoms with van der Waals surface area (Å²) in [5.74, 6) is 0.780. The zero-order valence-electron chi connectivity index (χ0n) is 14.8. The monoisotopic (exact) mass is 346 g/mol. The first-order chi connectivity index (χ1) is 11.3. The summed E-state index contributed by atoms with van der Waals surface area (Å²) < 4.78 is 2.27. The molecule has 130 valence electrons. The van der Waals surface area contributed by atoms with E-state index in [1.54, 1.807) is 4.57 Å². The Labute approximate surface area is 148 Å². The summed E-state index contributed by atoms with van der Waals surface area (Å²) in [7, 11) is 0. The zero-order chi connectivity index (χ0) is 17.7. The maximum Gasteiger partial charge on any atom is 0.240 e. The Balaban J connectivity index is 2.02. The third-order valence-corrected chi connectivity index (χ3v) is 4.53. The molecule has 0 aliphatic heterocycles. The minimum absolute atomic E-state index is 0.0495. The normalized spacial score (nSPS) is 11.5. The van der Waals surface area contributed by atoms with Gasteiger partial charge in [0.05, 0.1) is 0 Å². The van der Waals surface area contributed by atoms with Crippen LogP contribution >= 0.6 is 12.2 Å². The minimum Gasteiger partial charge on any atom is -0.354 e. The third kappa shape index (κ3) is 4.32. The molecule has 2 N–H and O–H groups in total. The fourth-order valence-electron chi connectivity index (χ4n) is 2.87. The summed E-state index contributed by atoms with van der Waals surface area (Å²) in [6.07, 6.45) is 1.76. The average molecular weight is 347 g/mol. The van der Waals surface area contributed by atoms with Crippen molar-refractivity contribution in [2.75, 3.05) is 6.54 Å². The predicted molar refractivity (Wildman–Crippen MR) is 98.6 cm³/mol. The van der Waals surface area contributed by atoms with Gasteiger partial charge in [0.15, 0.2) is 4.77 Å². The minimum atomic E-state index is -0.134. The molecule has 0 aliphatic rings. The number of nitrogens with one attached hydrogen (secondary N) is 2. The van der Waals surface area contributed by atoms with Crippen LogP contribution in [0.5, 0.6) is 0 Å². The molecular formula is C18H26N4OS. The maximum absolute atomic E-state index is 12.4. The second kappa shape index (κ2) is 7.75. The zero-order valence-corrected chi connectivity index (χ0v) is 15.7. The largest absolute Gasteiger partial charge is 0.354 e. The van der Waals surface area contributed by atoms with Crippen molar-refractivity contribution in [3.8, 4) is 0 Å². The van der Waals surface area contributed by atoms with Crippen LogP contribution in [0, 0.1) is 11.7 Å². The van der Waals surface area contributed by atoms with E-state index < -0.39 is 0 Å². The van der Waals surface area contributed by atoms with Gasteiger partial charge >= 0.3 is 0 Å². The molecule has 0 aliphatic carbocycles. The van der Waals surface area contributed by atoms with Crippen molar-refractivity contribution in [1.82, 2.24) is 20.1 Å². The molecule has 2 aromatic rings. The van der Waals surface area contributed by atoms with Gasteiger partial charge in [-0.05, 0) is 36.7 Å². The van der Waals surface area contributed by atoms with Crippen molar-refractivity contribution < 1.29 is 4.79 Å². The molecule has 6 heteroatoms. The first-order valence-electron chi connectivity index (χ1n) is 8.32. The molecule has 0 radical (unpaired) electrons. The van der Waals surface area contributed by atoms with Gasteiger partial charge < -0.3 is 5.32 Å². The quantitative estimate of drug-likeness (QED) is 0.756. The van der Waals surface area contributed by atoms with E-state index in [0.717, 1.165) is 18.7 Å². The molecule has 0 fully saturated rings. The predicted octanol–water partition coefficient (Wildman–Crippen LogP) is 3.30. The Morgan fingerprint density at radius 1 is 1.38 bits per heavy atom. The lowest BCUT2D eigenvalue weighted by atomic mass is 9.82. The number of aryl methyl sites for hydroxylation is 2. The van der Waals surface area contributed by atoms with Crippen molar-refractivity contribution in [3.05, 3.63) is 46.0 Å². The van der Waals surface area contributed by atoms with Crippen molar-refractivity contribution in [2.24, 2.45) is 0 Å². The molecule has 5 nitrogen and oxygen atoms in total. The molecule has 1 heterocycles. The summed E-state index contributed by atoms with van der Waals surface area (Å²) in [4.78, 5) is 12.4. The number of carbonyl (C=O) groups excluding carboxylic acids is 1. The van der Waals surface area contributed by atoms with Gasteiger partial charge in [0, 0.05) is 18.4 Å². The van der Waals surface area contributed by atoms with E-state index in [4.69, 9.17) is 12.2 Å². The van der Waals surface area contributed by atoms with Crippen molar-refractivity contribution in [2.45, 2.75) is 52.5 Å². The van der Waals surface area contributed by atoms with Crippen LogP contribution in [0.1, 0.15) is 44.1 Å². The molecule has 0 bridgehead atoms. The summed E-state index contributed by atoms with van der Waals surface area (Å²) in [6, 6.07) is 8.28. The molecule has 0 spiro atoms. The number of nitrogens with zero attached hydrogens (tertiary/aromatic N) is 2. The van der Waals surface area contributed by atoms with Gasteiger partial charge in [0.25, 0.3) is 0 Å². The lowest BCUT2D eigenvalue weighted by Crippen LogP contribution is -2.38.